The van der Waals surface area contributed by atoms with Gasteiger partial charge in [-0.15, -0.1) is 0 Å². The summed E-state index contributed by atoms with van der Waals surface area (Å²) >= 11 is 3.20. The summed E-state index contributed by atoms with van der Waals surface area (Å²) in [6.45, 7) is 4.03. The largest absolute Gasteiger partial charge is 0.393 e. The van der Waals surface area contributed by atoms with Crippen LogP contribution in [0.15, 0.2) is 22.7 Å². The third-order valence-corrected chi connectivity index (χ3v) is 2.94. The molecule has 5 heteroatoms. The van der Waals surface area contributed by atoms with Crippen LogP contribution in [0, 0.1) is 16.0 Å². The van der Waals surface area contributed by atoms with Gasteiger partial charge in [0.2, 0.25) is 0 Å². The first-order valence-corrected chi connectivity index (χ1v) is 6.30. The number of hydrogen-bond donors (Lipinski definition) is 1. The van der Waals surface area contributed by atoms with Gasteiger partial charge in [0.25, 0.3) is 5.69 Å². The second kappa shape index (κ2) is 6.12. The van der Waals surface area contributed by atoms with Crippen LogP contribution in [0.2, 0.25) is 0 Å². The van der Waals surface area contributed by atoms with Gasteiger partial charge in [0.05, 0.1) is 11.0 Å². The first kappa shape index (κ1) is 14.1. The highest BCUT2D eigenvalue weighted by molar-refractivity contribution is 9.10. The molecule has 4 nitrogen and oxygen atoms in total. The van der Waals surface area contributed by atoms with Gasteiger partial charge in [-0.3, -0.25) is 10.1 Å². The van der Waals surface area contributed by atoms with Gasteiger partial charge in [0.15, 0.2) is 0 Å². The zero-order valence-corrected chi connectivity index (χ0v) is 11.5. The third-order valence-electron chi connectivity index (χ3n) is 2.44. The Morgan fingerprint density at radius 2 is 2.12 bits per heavy atom. The molecule has 0 heterocycles. The predicted octanol–water partition coefficient (Wildman–Crippen LogP) is 3.31. The van der Waals surface area contributed by atoms with Crippen molar-refractivity contribution in [1.29, 1.82) is 0 Å². The summed E-state index contributed by atoms with van der Waals surface area (Å²) in [7, 11) is 0. The van der Waals surface area contributed by atoms with Crippen LogP contribution in [0.5, 0.6) is 0 Å². The molecule has 1 aromatic rings. The molecule has 1 atom stereocenters. The number of nitro benzene ring substituents is 1. The minimum absolute atomic E-state index is 0.0576. The van der Waals surface area contributed by atoms with E-state index < -0.39 is 11.0 Å². The van der Waals surface area contributed by atoms with Crippen LogP contribution in [-0.2, 0) is 6.42 Å². The minimum Gasteiger partial charge on any atom is -0.393 e. The number of aliphatic hydroxyl groups is 1. The van der Waals surface area contributed by atoms with Crippen molar-refractivity contribution in [1.82, 2.24) is 0 Å². The van der Waals surface area contributed by atoms with Crippen molar-refractivity contribution in [3.8, 4) is 0 Å². The summed E-state index contributed by atoms with van der Waals surface area (Å²) in [5.41, 5.74) is 0.633. The third kappa shape index (κ3) is 4.44. The van der Waals surface area contributed by atoms with Gasteiger partial charge in [-0.2, -0.15) is 0 Å². The molecular weight excluding hydrogens is 286 g/mol. The molecule has 1 N–H and O–H groups in total. The number of nitro groups is 1. The smallest absolute Gasteiger partial charge is 0.273 e. The molecule has 1 unspecified atom stereocenters. The predicted molar refractivity (Wildman–Crippen MR) is 70.0 cm³/mol. The quantitative estimate of drug-likeness (QED) is 0.670. The van der Waals surface area contributed by atoms with Crippen LogP contribution < -0.4 is 0 Å². The highest BCUT2D eigenvalue weighted by atomic mass is 79.9. The van der Waals surface area contributed by atoms with E-state index >= 15 is 0 Å². The number of rotatable bonds is 5. The summed E-state index contributed by atoms with van der Waals surface area (Å²) in [5.74, 6) is 0.375. The summed E-state index contributed by atoms with van der Waals surface area (Å²) in [5, 5.41) is 20.7. The van der Waals surface area contributed by atoms with Crippen LogP contribution >= 0.6 is 15.9 Å². The van der Waals surface area contributed by atoms with E-state index in [1.807, 2.05) is 13.8 Å². The Bertz CT molecular complexity index is 407. The molecule has 17 heavy (non-hydrogen) atoms. The molecule has 0 fully saturated rings. The van der Waals surface area contributed by atoms with Crippen molar-refractivity contribution in [2.24, 2.45) is 5.92 Å². The Kier molecular flexibility index (Phi) is 5.08. The molecule has 0 aliphatic heterocycles. The van der Waals surface area contributed by atoms with Gasteiger partial charge >= 0.3 is 0 Å². The van der Waals surface area contributed by atoms with Crippen LogP contribution in [0.25, 0.3) is 0 Å². The molecule has 1 aromatic carbocycles. The van der Waals surface area contributed by atoms with Crippen LogP contribution in [-0.4, -0.2) is 16.1 Å². The molecule has 0 bridgehead atoms. The van der Waals surface area contributed by atoms with Crippen LogP contribution in [0.3, 0.4) is 0 Å². The van der Waals surface area contributed by atoms with E-state index in [1.54, 1.807) is 12.1 Å². The van der Waals surface area contributed by atoms with Crippen molar-refractivity contribution in [2.45, 2.75) is 32.8 Å². The van der Waals surface area contributed by atoms with Gasteiger partial charge in [-0.05, 0) is 18.4 Å². The molecule has 0 aliphatic rings. The van der Waals surface area contributed by atoms with Crippen LogP contribution in [0.4, 0.5) is 5.69 Å². The lowest BCUT2D eigenvalue weighted by atomic mass is 9.99. The molecular formula is C12H16BrNO3. The van der Waals surface area contributed by atoms with E-state index in [9.17, 15) is 15.2 Å². The van der Waals surface area contributed by atoms with Gasteiger partial charge < -0.3 is 5.11 Å². The molecule has 0 saturated carbocycles. The van der Waals surface area contributed by atoms with E-state index in [2.05, 4.69) is 15.9 Å². The zero-order valence-electron chi connectivity index (χ0n) is 9.89. The lowest BCUT2D eigenvalue weighted by Gasteiger charge is -2.13. The Balaban J connectivity index is 2.86. The molecule has 0 saturated heterocycles. The number of aliphatic hydroxyl groups excluding tert-OH is 1. The number of benzene rings is 1. The standard InChI is InChI=1S/C12H16BrNO3/c1-8(2)5-11(15)6-9-3-4-10(13)7-12(9)14(16)17/h3-4,7-8,11,15H,5-6H2,1-2H3. The fourth-order valence-electron chi connectivity index (χ4n) is 1.76. The van der Waals surface area contributed by atoms with E-state index in [4.69, 9.17) is 0 Å². The molecule has 0 spiro atoms. The first-order chi connectivity index (χ1) is 7.90. The second-order valence-corrected chi connectivity index (χ2v) is 5.43. The summed E-state index contributed by atoms with van der Waals surface area (Å²) < 4.78 is 0.672. The summed E-state index contributed by atoms with van der Waals surface area (Å²) in [4.78, 5) is 10.5. The Labute approximate surface area is 109 Å². The van der Waals surface area contributed by atoms with Crippen molar-refractivity contribution >= 4 is 21.6 Å². The number of halogens is 1. The SMILES string of the molecule is CC(C)CC(O)Cc1ccc(Br)cc1[N+](=O)[O-]. The second-order valence-electron chi connectivity index (χ2n) is 4.52. The van der Waals surface area contributed by atoms with E-state index in [1.165, 1.54) is 6.07 Å². The highest BCUT2D eigenvalue weighted by Gasteiger charge is 2.17. The molecule has 0 radical (unpaired) electrons. The number of nitrogens with zero attached hydrogens (tertiary/aromatic N) is 1. The van der Waals surface area contributed by atoms with Crippen molar-refractivity contribution in [2.75, 3.05) is 0 Å². The average molecular weight is 302 g/mol. The lowest BCUT2D eigenvalue weighted by Crippen LogP contribution is -2.14. The minimum atomic E-state index is -0.533. The molecule has 0 amide bonds. The van der Waals surface area contributed by atoms with Gasteiger partial charge in [0, 0.05) is 22.5 Å². The van der Waals surface area contributed by atoms with Crippen molar-refractivity contribution < 1.29 is 10.0 Å². The highest BCUT2D eigenvalue weighted by Crippen LogP contribution is 2.25. The van der Waals surface area contributed by atoms with Gasteiger partial charge in [0.1, 0.15) is 0 Å². The maximum Gasteiger partial charge on any atom is 0.273 e. The molecule has 94 valence electrons. The van der Waals surface area contributed by atoms with Gasteiger partial charge in [-0.1, -0.05) is 35.8 Å². The maximum atomic E-state index is 10.9. The summed E-state index contributed by atoms with van der Waals surface area (Å²) in [6, 6.07) is 4.91. The van der Waals surface area contributed by atoms with E-state index in [-0.39, 0.29) is 5.69 Å². The fourth-order valence-corrected chi connectivity index (χ4v) is 2.11. The Morgan fingerprint density at radius 1 is 1.47 bits per heavy atom. The zero-order chi connectivity index (χ0) is 13.0. The Hall–Kier alpha value is -0.940. The van der Waals surface area contributed by atoms with Gasteiger partial charge in [-0.25, -0.2) is 0 Å². The lowest BCUT2D eigenvalue weighted by molar-refractivity contribution is -0.385. The fraction of sp³-hybridized carbons (Fsp3) is 0.500. The maximum absolute atomic E-state index is 10.9. The summed E-state index contributed by atoms with van der Waals surface area (Å²) in [6.07, 6.45) is 0.435. The van der Waals surface area contributed by atoms with Crippen molar-refractivity contribution in [3.63, 3.8) is 0 Å². The average Bonchev–Trinajstić information content (AvgIpc) is 2.19. The topological polar surface area (TPSA) is 63.4 Å². The molecule has 1 rings (SSSR count). The molecule has 0 aliphatic carbocycles. The molecule has 0 aromatic heterocycles. The van der Waals surface area contributed by atoms with E-state index in [0.717, 1.165) is 0 Å². The van der Waals surface area contributed by atoms with E-state index in [0.29, 0.717) is 28.8 Å². The monoisotopic (exact) mass is 301 g/mol. The Morgan fingerprint density at radius 3 is 2.65 bits per heavy atom. The first-order valence-electron chi connectivity index (χ1n) is 5.51. The number of hydrogen-bond acceptors (Lipinski definition) is 3. The van der Waals surface area contributed by atoms with Crippen LogP contribution in [0.1, 0.15) is 25.8 Å². The van der Waals surface area contributed by atoms with Crippen molar-refractivity contribution in [3.05, 3.63) is 38.3 Å². The normalized spacial score (nSPS) is 12.8.